The third-order valence-corrected chi connectivity index (χ3v) is 7.17. The number of amidine groups is 1. The van der Waals surface area contributed by atoms with E-state index in [2.05, 4.69) is 35.9 Å². The summed E-state index contributed by atoms with van der Waals surface area (Å²) in [6, 6.07) is 20.2. The van der Waals surface area contributed by atoms with Gasteiger partial charge in [0.2, 0.25) is 0 Å². The van der Waals surface area contributed by atoms with Gasteiger partial charge in [-0.15, -0.1) is 0 Å². The summed E-state index contributed by atoms with van der Waals surface area (Å²) >= 11 is 1.24. The quantitative estimate of drug-likeness (QED) is 0.594. The molecule has 2 aromatic carbocycles. The van der Waals surface area contributed by atoms with Gasteiger partial charge in [0.1, 0.15) is 16.3 Å². The van der Waals surface area contributed by atoms with Crippen molar-refractivity contribution in [3.05, 3.63) is 82.5 Å². The van der Waals surface area contributed by atoms with Crippen molar-refractivity contribution in [1.82, 2.24) is 4.90 Å². The number of hydrogen-bond acceptors (Lipinski definition) is 6. The zero-order valence-corrected chi connectivity index (χ0v) is 19.5. The first-order valence-electron chi connectivity index (χ1n) is 11.2. The van der Waals surface area contributed by atoms with Crippen molar-refractivity contribution in [2.45, 2.75) is 51.2 Å². The number of carbonyl (C=O) groups excluding carboxylic acids is 1. The van der Waals surface area contributed by atoms with Crippen molar-refractivity contribution in [3.63, 3.8) is 0 Å². The fraction of sp³-hybridized carbons (Fsp3) is 0.385. The highest BCUT2D eigenvalue weighted by atomic mass is 32.2. The van der Waals surface area contributed by atoms with Crippen molar-refractivity contribution in [3.8, 4) is 0 Å². The number of aryl methyl sites for hydroxylation is 1. The zero-order valence-electron chi connectivity index (χ0n) is 18.7. The maximum Gasteiger partial charge on any atom is 0.349 e. The number of hydrogen-bond donors (Lipinski definition) is 1. The Balaban J connectivity index is 1.62. The number of ether oxygens (including phenoxy) is 1. The number of aliphatic imine (C=N–C) groups is 1. The summed E-state index contributed by atoms with van der Waals surface area (Å²) in [4.78, 5) is 20.3. The third kappa shape index (κ3) is 4.85. The van der Waals surface area contributed by atoms with Crippen molar-refractivity contribution in [2.24, 2.45) is 4.99 Å². The number of aliphatic hydroxyl groups excluding tert-OH is 1. The summed E-state index contributed by atoms with van der Waals surface area (Å²) in [5.41, 5.74) is 1.18. The summed E-state index contributed by atoms with van der Waals surface area (Å²) in [6.45, 7) is 5.86. The van der Waals surface area contributed by atoms with Gasteiger partial charge in [0.25, 0.3) is 0 Å². The van der Waals surface area contributed by atoms with Crippen molar-refractivity contribution < 1.29 is 14.6 Å². The second-order valence-corrected chi connectivity index (χ2v) is 9.57. The normalized spacial score (nSPS) is 21.5. The molecule has 168 valence electrons. The van der Waals surface area contributed by atoms with Crippen LogP contribution in [0.3, 0.4) is 0 Å². The van der Waals surface area contributed by atoms with E-state index in [1.54, 1.807) is 0 Å². The predicted octanol–water partition coefficient (Wildman–Crippen LogP) is 5.43. The molecule has 0 fully saturated rings. The molecule has 1 unspecified atom stereocenters. The first-order valence-corrected chi connectivity index (χ1v) is 12.0. The van der Waals surface area contributed by atoms with E-state index in [0.717, 1.165) is 36.7 Å². The number of cyclic esters (lactones) is 1. The molecule has 4 rings (SSSR count). The molecule has 0 aromatic heterocycles. The summed E-state index contributed by atoms with van der Waals surface area (Å²) < 4.78 is 6.15. The number of aliphatic hydroxyl groups is 1. The average Bonchev–Trinajstić information content (AvgIpc) is 2.81. The van der Waals surface area contributed by atoms with Crippen LogP contribution >= 0.6 is 11.8 Å². The van der Waals surface area contributed by atoms with Crippen molar-refractivity contribution in [1.29, 1.82) is 0 Å². The lowest BCUT2D eigenvalue weighted by molar-refractivity contribution is -0.160. The Bertz CT molecular complexity index is 1000. The highest BCUT2D eigenvalue weighted by Crippen LogP contribution is 2.44. The Morgan fingerprint density at radius 1 is 1.12 bits per heavy atom. The van der Waals surface area contributed by atoms with E-state index >= 15 is 0 Å². The minimum absolute atomic E-state index is 0.0835. The fourth-order valence-corrected chi connectivity index (χ4v) is 5.34. The van der Waals surface area contributed by atoms with Gasteiger partial charge in [0.15, 0.2) is 5.17 Å². The Kier molecular flexibility index (Phi) is 6.89. The topological polar surface area (TPSA) is 62.1 Å². The Labute approximate surface area is 194 Å². The minimum atomic E-state index is -0.894. The highest BCUT2D eigenvalue weighted by molar-refractivity contribution is 8.17. The molecular weight excluding hydrogens is 420 g/mol. The summed E-state index contributed by atoms with van der Waals surface area (Å²) in [6.07, 6.45) is 2.58. The van der Waals surface area contributed by atoms with E-state index in [1.807, 2.05) is 48.5 Å². The second-order valence-electron chi connectivity index (χ2n) is 8.60. The molecule has 2 heterocycles. The van der Waals surface area contributed by atoms with Crippen LogP contribution in [-0.2, 0) is 21.6 Å². The Morgan fingerprint density at radius 3 is 2.47 bits per heavy atom. The van der Waals surface area contributed by atoms with Crippen LogP contribution in [0.4, 0.5) is 0 Å². The molecule has 0 spiro atoms. The summed E-state index contributed by atoms with van der Waals surface area (Å²) in [7, 11) is 0. The molecule has 2 aliphatic heterocycles. The smallest absolute Gasteiger partial charge is 0.349 e. The van der Waals surface area contributed by atoms with Gasteiger partial charge >= 0.3 is 5.97 Å². The summed E-state index contributed by atoms with van der Waals surface area (Å²) in [5.74, 6) is -0.396. The van der Waals surface area contributed by atoms with Crippen LogP contribution in [-0.4, -0.2) is 40.3 Å². The van der Waals surface area contributed by atoms with Crippen LogP contribution in [0.1, 0.15) is 44.2 Å². The number of nitrogens with zero attached hydrogens (tertiary/aromatic N) is 2. The SMILES string of the molecule is CC(C)N1CCCN=C1SC1=C(O)CC(CCc2ccccc2)(c2ccccc2)OC1=O. The number of carbonyl (C=O) groups is 1. The third-order valence-electron chi connectivity index (χ3n) is 6.02. The van der Waals surface area contributed by atoms with Crippen LogP contribution < -0.4 is 0 Å². The highest BCUT2D eigenvalue weighted by Gasteiger charge is 2.44. The molecule has 0 bridgehead atoms. The van der Waals surface area contributed by atoms with E-state index < -0.39 is 11.6 Å². The standard InChI is InChI=1S/C26H30N2O3S/c1-19(2)28-17-9-16-27-25(28)32-23-22(29)18-26(31-24(23)30,21-12-7-4-8-13-21)15-14-20-10-5-3-6-11-20/h3-8,10-13,19,29H,9,14-18H2,1-2H3. The van der Waals surface area contributed by atoms with Crippen LogP contribution in [0, 0.1) is 0 Å². The van der Waals surface area contributed by atoms with E-state index in [1.165, 1.54) is 17.3 Å². The molecule has 5 nitrogen and oxygen atoms in total. The van der Waals surface area contributed by atoms with Gasteiger partial charge in [-0.1, -0.05) is 60.7 Å². The van der Waals surface area contributed by atoms with Gasteiger partial charge in [0, 0.05) is 19.1 Å². The summed E-state index contributed by atoms with van der Waals surface area (Å²) in [5, 5.41) is 11.9. The monoisotopic (exact) mass is 450 g/mol. The lowest BCUT2D eigenvalue weighted by atomic mass is 9.82. The zero-order chi connectivity index (χ0) is 22.6. The number of thioether (sulfide) groups is 1. The first kappa shape index (κ1) is 22.5. The lowest BCUT2D eigenvalue weighted by Crippen LogP contribution is -2.41. The number of rotatable bonds is 6. The molecule has 2 aromatic rings. The van der Waals surface area contributed by atoms with Crippen molar-refractivity contribution >= 4 is 22.9 Å². The maximum atomic E-state index is 13.2. The van der Waals surface area contributed by atoms with Crippen LogP contribution in [0.2, 0.25) is 0 Å². The largest absolute Gasteiger partial charge is 0.511 e. The molecule has 2 aliphatic rings. The molecule has 0 saturated heterocycles. The van der Waals surface area contributed by atoms with Gasteiger partial charge in [-0.3, -0.25) is 4.99 Å². The van der Waals surface area contributed by atoms with Gasteiger partial charge in [-0.25, -0.2) is 4.79 Å². The molecule has 32 heavy (non-hydrogen) atoms. The molecular formula is C26H30N2O3S. The van der Waals surface area contributed by atoms with Crippen molar-refractivity contribution in [2.75, 3.05) is 13.1 Å². The van der Waals surface area contributed by atoms with Gasteiger partial charge in [-0.2, -0.15) is 0 Å². The lowest BCUT2D eigenvalue weighted by Gasteiger charge is -2.38. The van der Waals surface area contributed by atoms with E-state index in [-0.39, 0.29) is 23.1 Å². The molecule has 0 amide bonds. The Hall–Kier alpha value is -2.73. The molecule has 0 radical (unpaired) electrons. The second kappa shape index (κ2) is 9.82. The fourth-order valence-electron chi connectivity index (χ4n) is 4.27. The molecule has 0 saturated carbocycles. The van der Waals surface area contributed by atoms with E-state index in [9.17, 15) is 9.90 Å². The van der Waals surface area contributed by atoms with Gasteiger partial charge in [-0.05, 0) is 56.0 Å². The van der Waals surface area contributed by atoms with Gasteiger partial charge in [0.05, 0.1) is 6.42 Å². The average molecular weight is 451 g/mol. The molecule has 0 aliphatic carbocycles. The van der Waals surface area contributed by atoms with Crippen LogP contribution in [0.25, 0.3) is 0 Å². The Morgan fingerprint density at radius 2 is 1.81 bits per heavy atom. The first-order chi connectivity index (χ1) is 15.5. The predicted molar refractivity (Wildman–Crippen MR) is 130 cm³/mol. The molecule has 1 N–H and O–H groups in total. The van der Waals surface area contributed by atoms with E-state index in [4.69, 9.17) is 4.74 Å². The van der Waals surface area contributed by atoms with Gasteiger partial charge < -0.3 is 14.7 Å². The maximum absolute atomic E-state index is 13.2. The van der Waals surface area contributed by atoms with Crippen LogP contribution in [0.5, 0.6) is 0 Å². The molecule has 6 heteroatoms. The minimum Gasteiger partial charge on any atom is -0.511 e. The van der Waals surface area contributed by atoms with E-state index in [0.29, 0.717) is 6.42 Å². The molecule has 1 atom stereocenters. The number of esters is 1. The number of benzene rings is 2. The van der Waals surface area contributed by atoms with Crippen LogP contribution in [0.15, 0.2) is 76.3 Å².